The van der Waals surface area contributed by atoms with Gasteiger partial charge in [-0.3, -0.25) is 9.79 Å². The summed E-state index contributed by atoms with van der Waals surface area (Å²) in [7, 11) is 3.52. The molecule has 6 nitrogen and oxygen atoms in total. The lowest BCUT2D eigenvalue weighted by Crippen LogP contribution is -2.47. The molecule has 1 saturated carbocycles. The fourth-order valence-corrected chi connectivity index (χ4v) is 3.74. The van der Waals surface area contributed by atoms with E-state index < -0.39 is 0 Å². The molecule has 26 heavy (non-hydrogen) atoms. The highest BCUT2D eigenvalue weighted by atomic mass is 16.5. The average molecular weight is 358 g/mol. The van der Waals surface area contributed by atoms with E-state index in [0.717, 1.165) is 50.6 Å². The topological polar surface area (TPSA) is 66.0 Å². The van der Waals surface area contributed by atoms with Gasteiger partial charge in [-0.15, -0.1) is 0 Å². The molecule has 6 heteroatoms. The number of hydrogen-bond donors (Lipinski definition) is 2. The van der Waals surface area contributed by atoms with Gasteiger partial charge in [-0.1, -0.05) is 25.1 Å². The van der Waals surface area contributed by atoms with Crippen LogP contribution >= 0.6 is 0 Å². The quantitative estimate of drug-likeness (QED) is 0.602. The Labute approximate surface area is 156 Å². The van der Waals surface area contributed by atoms with Gasteiger partial charge < -0.3 is 20.3 Å². The van der Waals surface area contributed by atoms with Crippen LogP contribution < -0.4 is 15.4 Å². The minimum absolute atomic E-state index is 0.129. The normalized spacial score (nSPS) is 21.4. The van der Waals surface area contributed by atoms with Crippen LogP contribution in [0.5, 0.6) is 5.75 Å². The van der Waals surface area contributed by atoms with Crippen LogP contribution in [0.15, 0.2) is 29.3 Å². The number of nitrogens with zero attached hydrogens (tertiary/aromatic N) is 2. The van der Waals surface area contributed by atoms with Crippen LogP contribution in [0.3, 0.4) is 0 Å². The molecule has 2 N–H and O–H groups in total. The van der Waals surface area contributed by atoms with Gasteiger partial charge in [0.1, 0.15) is 5.75 Å². The molecular weight excluding hydrogens is 328 g/mol. The Kier molecular flexibility index (Phi) is 5.69. The maximum Gasteiger partial charge on any atom is 0.222 e. The number of nitrogens with one attached hydrogen (secondary N) is 2. The van der Waals surface area contributed by atoms with Crippen molar-refractivity contribution in [2.24, 2.45) is 4.99 Å². The summed E-state index contributed by atoms with van der Waals surface area (Å²) in [6.07, 6.45) is 3.84. The van der Waals surface area contributed by atoms with Crippen molar-refractivity contribution in [3.05, 3.63) is 29.8 Å². The first-order valence-electron chi connectivity index (χ1n) is 9.50. The molecule has 2 fully saturated rings. The first kappa shape index (κ1) is 18.5. The van der Waals surface area contributed by atoms with E-state index in [4.69, 9.17) is 4.74 Å². The maximum absolute atomic E-state index is 11.8. The summed E-state index contributed by atoms with van der Waals surface area (Å²) in [4.78, 5) is 18.1. The minimum Gasteiger partial charge on any atom is -0.496 e. The molecule has 3 rings (SSSR count). The van der Waals surface area contributed by atoms with Gasteiger partial charge in [-0.2, -0.15) is 0 Å². The molecule has 1 amide bonds. The number of carbonyl (C=O) groups excluding carboxylic acids is 1. The van der Waals surface area contributed by atoms with Crippen LogP contribution in [0.2, 0.25) is 0 Å². The van der Waals surface area contributed by atoms with Gasteiger partial charge in [0.25, 0.3) is 0 Å². The highest BCUT2D eigenvalue weighted by molar-refractivity contribution is 5.81. The largest absolute Gasteiger partial charge is 0.496 e. The predicted octanol–water partition coefficient (Wildman–Crippen LogP) is 1.90. The molecule has 1 aromatic carbocycles. The maximum atomic E-state index is 11.8. The van der Waals surface area contributed by atoms with Crippen molar-refractivity contribution in [3.63, 3.8) is 0 Å². The van der Waals surface area contributed by atoms with Gasteiger partial charge in [0.2, 0.25) is 5.91 Å². The summed E-state index contributed by atoms with van der Waals surface area (Å²) in [5.74, 6) is 1.99. The van der Waals surface area contributed by atoms with Gasteiger partial charge in [0.15, 0.2) is 5.96 Å². The molecule has 0 spiro atoms. The first-order chi connectivity index (χ1) is 12.6. The molecule has 0 bridgehead atoms. The van der Waals surface area contributed by atoms with Crippen molar-refractivity contribution in [3.8, 4) is 5.75 Å². The molecule has 1 aliphatic heterocycles. The molecular formula is C20H30N4O2. The van der Waals surface area contributed by atoms with E-state index in [1.54, 1.807) is 14.2 Å². The highest BCUT2D eigenvalue weighted by Gasteiger charge is 2.46. The molecule has 0 radical (unpaired) electrons. The second kappa shape index (κ2) is 7.98. The summed E-state index contributed by atoms with van der Waals surface area (Å²) in [5, 5.41) is 6.96. The van der Waals surface area contributed by atoms with Gasteiger partial charge >= 0.3 is 0 Å². The van der Waals surface area contributed by atoms with Crippen LogP contribution in [-0.4, -0.2) is 56.6 Å². The van der Waals surface area contributed by atoms with E-state index in [9.17, 15) is 4.79 Å². The third kappa shape index (κ3) is 3.94. The number of rotatable bonds is 6. The number of guanidine groups is 1. The number of likely N-dealkylation sites (tertiary alicyclic amines) is 1. The molecule has 2 aliphatic rings. The van der Waals surface area contributed by atoms with E-state index in [-0.39, 0.29) is 17.4 Å². The van der Waals surface area contributed by atoms with Crippen LogP contribution in [0.4, 0.5) is 0 Å². The molecule has 1 atom stereocenters. The lowest BCUT2D eigenvalue weighted by Gasteiger charge is -2.23. The monoisotopic (exact) mass is 358 g/mol. The Balaban J connectivity index is 1.56. The van der Waals surface area contributed by atoms with Gasteiger partial charge in [-0.25, -0.2) is 0 Å². The summed E-state index contributed by atoms with van der Waals surface area (Å²) >= 11 is 0. The van der Waals surface area contributed by atoms with Crippen molar-refractivity contribution in [2.75, 3.05) is 33.8 Å². The van der Waals surface area contributed by atoms with Gasteiger partial charge in [0, 0.05) is 50.1 Å². The third-order valence-corrected chi connectivity index (χ3v) is 5.53. The zero-order chi connectivity index (χ0) is 18.6. The Hall–Kier alpha value is -2.24. The number of benzene rings is 1. The molecule has 142 valence electrons. The zero-order valence-corrected chi connectivity index (χ0v) is 16.0. The second-order valence-electron chi connectivity index (χ2n) is 7.23. The van der Waals surface area contributed by atoms with E-state index in [2.05, 4.69) is 27.8 Å². The van der Waals surface area contributed by atoms with Crippen molar-refractivity contribution < 1.29 is 9.53 Å². The predicted molar refractivity (Wildman–Crippen MR) is 104 cm³/mol. The van der Waals surface area contributed by atoms with E-state index in [1.165, 1.54) is 5.56 Å². The molecule has 1 heterocycles. The smallest absolute Gasteiger partial charge is 0.222 e. The second-order valence-corrected chi connectivity index (χ2v) is 7.23. The van der Waals surface area contributed by atoms with Crippen molar-refractivity contribution >= 4 is 11.9 Å². The SMILES string of the molecule is CCC(=O)N1CCC(NC(=NC)NCC2(c3ccccc3OC)CC2)C1. The Bertz CT molecular complexity index is 670. The number of aliphatic imine (C=N–C) groups is 1. The zero-order valence-electron chi connectivity index (χ0n) is 16.0. The third-order valence-electron chi connectivity index (χ3n) is 5.53. The van der Waals surface area contributed by atoms with Crippen molar-refractivity contribution in [1.29, 1.82) is 0 Å². The van der Waals surface area contributed by atoms with Gasteiger partial charge in [0.05, 0.1) is 7.11 Å². The van der Waals surface area contributed by atoms with E-state index >= 15 is 0 Å². The fourth-order valence-electron chi connectivity index (χ4n) is 3.74. The lowest BCUT2D eigenvalue weighted by atomic mass is 9.95. The summed E-state index contributed by atoms with van der Waals surface area (Å²) < 4.78 is 5.55. The summed E-state index contributed by atoms with van der Waals surface area (Å²) in [6.45, 7) is 4.32. The number of methoxy groups -OCH3 is 1. The number of ether oxygens (including phenoxy) is 1. The number of para-hydroxylation sites is 1. The molecule has 0 aromatic heterocycles. The number of hydrogen-bond acceptors (Lipinski definition) is 3. The lowest BCUT2D eigenvalue weighted by molar-refractivity contribution is -0.129. The van der Waals surface area contributed by atoms with E-state index in [0.29, 0.717) is 6.42 Å². The number of amides is 1. The first-order valence-corrected chi connectivity index (χ1v) is 9.50. The van der Waals surface area contributed by atoms with Crippen LogP contribution in [-0.2, 0) is 10.2 Å². The summed E-state index contributed by atoms with van der Waals surface area (Å²) in [6, 6.07) is 8.53. The fraction of sp³-hybridized carbons (Fsp3) is 0.600. The van der Waals surface area contributed by atoms with Crippen LogP contribution in [0.1, 0.15) is 38.2 Å². The van der Waals surface area contributed by atoms with Gasteiger partial charge in [-0.05, 0) is 25.3 Å². The minimum atomic E-state index is 0.129. The van der Waals surface area contributed by atoms with Crippen LogP contribution in [0, 0.1) is 0 Å². The van der Waals surface area contributed by atoms with Crippen molar-refractivity contribution in [1.82, 2.24) is 15.5 Å². The molecule has 1 aliphatic carbocycles. The van der Waals surface area contributed by atoms with Crippen LogP contribution in [0.25, 0.3) is 0 Å². The standard InChI is InChI=1S/C20H30N4O2/c1-4-18(25)24-12-9-15(13-24)23-19(21-2)22-14-20(10-11-20)16-7-5-6-8-17(16)26-3/h5-8,15H,4,9-14H2,1-3H3,(H2,21,22,23). The Morgan fingerprint density at radius 3 is 2.81 bits per heavy atom. The van der Waals surface area contributed by atoms with E-state index in [1.807, 2.05) is 24.0 Å². The van der Waals surface area contributed by atoms with Crippen molar-refractivity contribution in [2.45, 2.75) is 44.1 Å². The number of carbonyl (C=O) groups is 1. The average Bonchev–Trinajstić information content (AvgIpc) is 3.33. The molecule has 1 aromatic rings. The molecule has 1 saturated heterocycles. The highest BCUT2D eigenvalue weighted by Crippen LogP contribution is 2.50. The summed E-state index contributed by atoms with van der Waals surface area (Å²) in [5.41, 5.74) is 1.40. The molecule has 1 unspecified atom stereocenters. The Morgan fingerprint density at radius 2 is 2.15 bits per heavy atom. The Morgan fingerprint density at radius 1 is 1.38 bits per heavy atom.